The number of carbonyl (C=O) groups excluding carboxylic acids is 1. The van der Waals surface area contributed by atoms with Crippen LogP contribution in [0.1, 0.15) is 22.3 Å². The van der Waals surface area contributed by atoms with E-state index >= 15 is 0 Å². The molecule has 30 heavy (non-hydrogen) atoms. The van der Waals surface area contributed by atoms with Gasteiger partial charge in [-0.05, 0) is 18.1 Å². The Hall–Kier alpha value is -3.11. The monoisotopic (exact) mass is 433 g/mol. The first-order valence-corrected chi connectivity index (χ1v) is 11.0. The highest BCUT2D eigenvalue weighted by molar-refractivity contribution is 7.88. The molecular weight excluding hydrogens is 413 g/mol. The van der Waals surface area contributed by atoms with Crippen LogP contribution in [0.5, 0.6) is 0 Å². The van der Waals surface area contributed by atoms with Crippen molar-refractivity contribution in [2.24, 2.45) is 0 Å². The quantitative estimate of drug-likeness (QED) is 0.241. The molecule has 1 aromatic heterocycles. The maximum absolute atomic E-state index is 14.0. The number of carbonyl (C=O) groups is 1. The van der Waals surface area contributed by atoms with Gasteiger partial charge in [-0.1, -0.05) is 30.3 Å². The van der Waals surface area contributed by atoms with E-state index in [1.54, 1.807) is 16.7 Å². The van der Waals surface area contributed by atoms with E-state index in [0.29, 0.717) is 11.8 Å². The molecule has 0 aliphatic heterocycles. The largest absolute Gasteiger partial charge is 0.341 e. The molecule has 0 aliphatic carbocycles. The van der Waals surface area contributed by atoms with E-state index in [4.69, 9.17) is 0 Å². The Balaban J connectivity index is 1.96. The third-order valence-corrected chi connectivity index (χ3v) is 5.35. The van der Waals surface area contributed by atoms with E-state index < -0.39 is 20.8 Å². The molecular formula is C20H20FN3O5S. The van der Waals surface area contributed by atoms with Crippen molar-refractivity contribution in [2.45, 2.75) is 19.4 Å². The van der Waals surface area contributed by atoms with E-state index in [2.05, 4.69) is 4.72 Å². The molecule has 3 aromatic rings. The fraction of sp³-hybridized carbons (Fsp3) is 0.250. The van der Waals surface area contributed by atoms with Crippen LogP contribution < -0.4 is 4.72 Å². The maximum Gasteiger partial charge on any atom is 0.293 e. The number of fused-ring (bicyclic) bond motifs is 1. The number of Topliss-reactive ketones (excluding diaryl/α,β-unsaturated/α-hetero) is 1. The molecule has 0 spiro atoms. The molecule has 0 unspecified atom stereocenters. The van der Waals surface area contributed by atoms with E-state index in [-0.39, 0.29) is 47.6 Å². The predicted molar refractivity (Wildman–Crippen MR) is 110 cm³/mol. The number of non-ortho nitro benzene ring substituents is 1. The molecule has 0 radical (unpaired) electrons. The van der Waals surface area contributed by atoms with Gasteiger partial charge < -0.3 is 4.57 Å². The van der Waals surface area contributed by atoms with Crippen LogP contribution in [-0.2, 0) is 23.0 Å². The number of ketones is 1. The van der Waals surface area contributed by atoms with Gasteiger partial charge in [0.1, 0.15) is 11.3 Å². The molecule has 1 heterocycles. The van der Waals surface area contributed by atoms with Gasteiger partial charge in [-0.25, -0.2) is 17.5 Å². The molecule has 8 nitrogen and oxygen atoms in total. The second kappa shape index (κ2) is 8.72. The number of nitrogens with one attached hydrogen (secondary N) is 1. The molecule has 0 amide bonds. The zero-order valence-electron chi connectivity index (χ0n) is 16.2. The molecule has 158 valence electrons. The number of para-hydroxylation sites is 1. The van der Waals surface area contributed by atoms with Crippen molar-refractivity contribution in [1.29, 1.82) is 0 Å². The first-order chi connectivity index (χ1) is 14.2. The van der Waals surface area contributed by atoms with Crippen LogP contribution in [0.3, 0.4) is 0 Å². The number of nitro groups is 1. The van der Waals surface area contributed by atoms with E-state index in [1.807, 2.05) is 0 Å². The minimum absolute atomic E-state index is 0.150. The Morgan fingerprint density at radius 3 is 2.60 bits per heavy atom. The van der Waals surface area contributed by atoms with Crippen molar-refractivity contribution in [2.75, 3.05) is 12.8 Å². The summed E-state index contributed by atoms with van der Waals surface area (Å²) < 4.78 is 40.3. The number of rotatable bonds is 9. The maximum atomic E-state index is 14.0. The Bertz CT molecular complexity index is 1220. The predicted octanol–water partition coefficient (Wildman–Crippen LogP) is 3.05. The van der Waals surface area contributed by atoms with Crippen LogP contribution in [0, 0.1) is 15.9 Å². The van der Waals surface area contributed by atoms with Crippen LogP contribution in [0.15, 0.2) is 48.7 Å². The number of aryl methyl sites for hydroxylation is 1. The van der Waals surface area contributed by atoms with Crippen LogP contribution in [0.25, 0.3) is 10.9 Å². The van der Waals surface area contributed by atoms with Gasteiger partial charge in [-0.15, -0.1) is 0 Å². The highest BCUT2D eigenvalue weighted by atomic mass is 32.2. The van der Waals surface area contributed by atoms with Gasteiger partial charge in [0.25, 0.3) is 5.69 Å². The third kappa shape index (κ3) is 4.89. The van der Waals surface area contributed by atoms with Crippen molar-refractivity contribution >= 4 is 32.4 Å². The average molecular weight is 433 g/mol. The summed E-state index contributed by atoms with van der Waals surface area (Å²) in [6, 6.07) is 10.4. The Kier molecular flexibility index (Phi) is 6.28. The summed E-state index contributed by atoms with van der Waals surface area (Å²) in [5.74, 6) is -0.856. The number of hydrogen-bond acceptors (Lipinski definition) is 5. The molecule has 2 aromatic carbocycles. The minimum atomic E-state index is -3.35. The number of hydrogen-bond donors (Lipinski definition) is 1. The average Bonchev–Trinajstić information content (AvgIpc) is 3.05. The van der Waals surface area contributed by atoms with Crippen molar-refractivity contribution in [3.63, 3.8) is 0 Å². The third-order valence-electron chi connectivity index (χ3n) is 4.62. The molecule has 0 aliphatic rings. The summed E-state index contributed by atoms with van der Waals surface area (Å²) in [7, 11) is -3.35. The van der Waals surface area contributed by atoms with Gasteiger partial charge in [-0.2, -0.15) is 0 Å². The molecule has 0 bridgehead atoms. The second-order valence-corrected chi connectivity index (χ2v) is 8.71. The number of sulfonamides is 1. The molecule has 1 N–H and O–H groups in total. The van der Waals surface area contributed by atoms with Crippen LogP contribution in [0.4, 0.5) is 10.1 Å². The van der Waals surface area contributed by atoms with Gasteiger partial charge >= 0.3 is 0 Å². The van der Waals surface area contributed by atoms with Gasteiger partial charge in [-0.3, -0.25) is 14.9 Å². The summed E-state index contributed by atoms with van der Waals surface area (Å²) in [5.41, 5.74) is 0.617. The smallest absolute Gasteiger partial charge is 0.293 e. The summed E-state index contributed by atoms with van der Waals surface area (Å²) >= 11 is 0. The fourth-order valence-corrected chi connectivity index (χ4v) is 3.82. The standard InChI is InChI=1S/C20H20FN3O5S/c1-30(28,29)22-10-5-11-23-13-16(15-7-4-9-18(20(15)23)24(26)27)19(25)12-14-6-2-3-8-17(14)21/h2-4,6-9,13,22H,5,10-12H2,1H3. The summed E-state index contributed by atoms with van der Waals surface area (Å²) in [5, 5.41) is 11.9. The first kappa shape index (κ1) is 21.6. The van der Waals surface area contributed by atoms with Crippen LogP contribution in [0.2, 0.25) is 0 Å². The molecule has 0 fully saturated rings. The highest BCUT2D eigenvalue weighted by Crippen LogP contribution is 2.31. The first-order valence-electron chi connectivity index (χ1n) is 9.15. The number of nitro benzene ring substituents is 1. The Morgan fingerprint density at radius 1 is 1.20 bits per heavy atom. The van der Waals surface area contributed by atoms with Gasteiger partial charge in [0, 0.05) is 42.7 Å². The number of halogens is 1. The van der Waals surface area contributed by atoms with Crippen LogP contribution >= 0.6 is 0 Å². The van der Waals surface area contributed by atoms with Crippen molar-refractivity contribution in [1.82, 2.24) is 9.29 Å². The topological polar surface area (TPSA) is 111 Å². The zero-order valence-corrected chi connectivity index (χ0v) is 17.0. The van der Waals surface area contributed by atoms with Gasteiger partial charge in [0.05, 0.1) is 11.2 Å². The Labute approximate surface area is 172 Å². The Morgan fingerprint density at radius 2 is 1.93 bits per heavy atom. The lowest BCUT2D eigenvalue weighted by atomic mass is 10.0. The fourth-order valence-electron chi connectivity index (χ4n) is 3.30. The molecule has 0 atom stereocenters. The highest BCUT2D eigenvalue weighted by Gasteiger charge is 2.22. The summed E-state index contributed by atoms with van der Waals surface area (Å²) in [6.45, 7) is 0.411. The van der Waals surface area contributed by atoms with Gasteiger partial charge in [0.2, 0.25) is 10.0 Å². The lowest BCUT2D eigenvalue weighted by molar-refractivity contribution is -0.383. The number of aromatic nitrogens is 1. The molecule has 10 heteroatoms. The van der Waals surface area contributed by atoms with Crippen molar-refractivity contribution in [3.05, 3.63) is 75.7 Å². The normalized spacial score (nSPS) is 11.7. The lowest BCUT2D eigenvalue weighted by Gasteiger charge is -2.06. The van der Waals surface area contributed by atoms with E-state index in [1.165, 1.54) is 36.5 Å². The number of benzene rings is 2. The lowest BCUT2D eigenvalue weighted by Crippen LogP contribution is -2.23. The van der Waals surface area contributed by atoms with Gasteiger partial charge in [0.15, 0.2) is 5.78 Å². The minimum Gasteiger partial charge on any atom is -0.341 e. The second-order valence-electron chi connectivity index (χ2n) is 6.88. The summed E-state index contributed by atoms with van der Waals surface area (Å²) in [4.78, 5) is 23.9. The molecule has 0 saturated heterocycles. The molecule has 0 saturated carbocycles. The van der Waals surface area contributed by atoms with Crippen molar-refractivity contribution < 1.29 is 22.5 Å². The van der Waals surface area contributed by atoms with E-state index in [9.17, 15) is 27.7 Å². The zero-order chi connectivity index (χ0) is 21.9. The number of nitrogens with zero attached hydrogens (tertiary/aromatic N) is 2. The molecule has 3 rings (SSSR count). The van der Waals surface area contributed by atoms with Crippen LogP contribution in [-0.4, -0.2) is 36.5 Å². The SMILES string of the molecule is CS(=O)(=O)NCCCn1cc(C(=O)Cc2ccccc2F)c2cccc([N+](=O)[O-])c21. The van der Waals surface area contributed by atoms with Crippen molar-refractivity contribution in [3.8, 4) is 0 Å². The van der Waals surface area contributed by atoms with E-state index in [0.717, 1.165) is 6.26 Å². The summed E-state index contributed by atoms with van der Waals surface area (Å²) in [6.07, 6.45) is 2.75.